The number of hydrogen-bond donors (Lipinski definition) is 4. The average Bonchev–Trinajstić information content (AvgIpc) is 2.11. The van der Waals surface area contributed by atoms with Crippen LogP contribution in [-0.2, 0) is 14.4 Å². The summed E-state index contributed by atoms with van der Waals surface area (Å²) in [6.45, 7) is -0.311. The lowest BCUT2D eigenvalue weighted by molar-refractivity contribution is -0.161. The Morgan fingerprint density at radius 1 is 0.938 bits per heavy atom. The molecular formula is C9H14O7. The van der Waals surface area contributed by atoms with Gasteiger partial charge in [-0.25, -0.2) is 0 Å². The molecule has 7 heteroatoms. The van der Waals surface area contributed by atoms with E-state index in [1.165, 1.54) is 0 Å². The van der Waals surface area contributed by atoms with Crippen LogP contribution in [-0.4, -0.2) is 44.9 Å². The monoisotopic (exact) mass is 234 g/mol. The summed E-state index contributed by atoms with van der Waals surface area (Å²) in [6.07, 6.45) is -1.67. The number of carboxylic acids is 3. The molecule has 92 valence electrons. The van der Waals surface area contributed by atoms with Crippen molar-refractivity contribution < 1.29 is 34.8 Å². The molecule has 0 bridgehead atoms. The first-order valence-corrected chi connectivity index (χ1v) is 4.62. The molecule has 0 aliphatic carbocycles. The second kappa shape index (κ2) is 6.06. The van der Waals surface area contributed by atoms with E-state index in [-0.39, 0.29) is 19.4 Å². The molecule has 0 aliphatic rings. The van der Waals surface area contributed by atoms with Gasteiger partial charge in [0.25, 0.3) is 0 Å². The van der Waals surface area contributed by atoms with E-state index in [0.717, 1.165) is 0 Å². The molecule has 0 radical (unpaired) electrons. The Labute approximate surface area is 91.3 Å². The quantitative estimate of drug-likeness (QED) is 0.456. The summed E-state index contributed by atoms with van der Waals surface area (Å²) < 4.78 is 0. The molecule has 0 aliphatic heterocycles. The first-order chi connectivity index (χ1) is 7.34. The third kappa shape index (κ3) is 4.26. The molecule has 0 aromatic heterocycles. The van der Waals surface area contributed by atoms with Gasteiger partial charge < -0.3 is 20.4 Å². The summed E-state index contributed by atoms with van der Waals surface area (Å²) >= 11 is 0. The molecule has 7 nitrogen and oxygen atoms in total. The Morgan fingerprint density at radius 3 is 1.62 bits per heavy atom. The van der Waals surface area contributed by atoms with Crippen LogP contribution in [0.15, 0.2) is 0 Å². The minimum absolute atomic E-state index is 0.0485. The molecule has 0 fully saturated rings. The van der Waals surface area contributed by atoms with E-state index in [0.29, 0.717) is 0 Å². The fourth-order valence-electron chi connectivity index (χ4n) is 1.49. The smallest absolute Gasteiger partial charge is 0.310 e. The number of hydrogen-bond acceptors (Lipinski definition) is 4. The van der Waals surface area contributed by atoms with Crippen molar-refractivity contribution >= 4 is 17.9 Å². The van der Waals surface area contributed by atoms with Crippen molar-refractivity contribution in [2.24, 2.45) is 5.41 Å². The number of aliphatic carboxylic acids is 3. The van der Waals surface area contributed by atoms with Crippen LogP contribution in [0.4, 0.5) is 0 Å². The van der Waals surface area contributed by atoms with Crippen molar-refractivity contribution in [3.05, 3.63) is 0 Å². The number of rotatable bonds is 8. The van der Waals surface area contributed by atoms with Crippen molar-refractivity contribution in [3.8, 4) is 0 Å². The highest BCUT2D eigenvalue weighted by Gasteiger charge is 2.42. The maximum absolute atomic E-state index is 11.0. The van der Waals surface area contributed by atoms with E-state index >= 15 is 0 Å². The van der Waals surface area contributed by atoms with Crippen molar-refractivity contribution in [2.75, 3.05) is 6.61 Å². The zero-order chi connectivity index (χ0) is 12.8. The first-order valence-electron chi connectivity index (χ1n) is 4.62. The summed E-state index contributed by atoms with van der Waals surface area (Å²) in [5, 5.41) is 34.7. The Kier molecular flexibility index (Phi) is 5.44. The van der Waals surface area contributed by atoms with Crippen LogP contribution in [0.5, 0.6) is 0 Å². The molecule has 0 saturated carbocycles. The van der Waals surface area contributed by atoms with Crippen molar-refractivity contribution in [3.63, 3.8) is 0 Å². The number of aliphatic hydroxyl groups is 1. The Morgan fingerprint density at radius 2 is 1.38 bits per heavy atom. The molecule has 4 N–H and O–H groups in total. The Bertz CT molecular complexity index is 268. The zero-order valence-corrected chi connectivity index (χ0v) is 8.55. The Balaban J connectivity index is 4.95. The molecule has 0 saturated heterocycles. The highest BCUT2D eigenvalue weighted by Crippen LogP contribution is 2.33. The van der Waals surface area contributed by atoms with E-state index in [2.05, 4.69) is 0 Å². The van der Waals surface area contributed by atoms with E-state index < -0.39 is 36.2 Å². The summed E-state index contributed by atoms with van der Waals surface area (Å²) in [6, 6.07) is 0. The molecule has 0 aromatic rings. The fourth-order valence-corrected chi connectivity index (χ4v) is 1.49. The van der Waals surface area contributed by atoms with Crippen LogP contribution in [0.3, 0.4) is 0 Å². The van der Waals surface area contributed by atoms with Gasteiger partial charge in [0.15, 0.2) is 0 Å². The molecule has 0 unspecified atom stereocenters. The van der Waals surface area contributed by atoms with Gasteiger partial charge in [0, 0.05) is 6.61 Å². The molecule has 0 rings (SSSR count). The second-order valence-electron chi connectivity index (χ2n) is 3.55. The van der Waals surface area contributed by atoms with Gasteiger partial charge in [-0.2, -0.15) is 0 Å². The van der Waals surface area contributed by atoms with Gasteiger partial charge in [0.2, 0.25) is 0 Å². The number of aliphatic hydroxyl groups excluding tert-OH is 1. The lowest BCUT2D eigenvalue weighted by Gasteiger charge is -2.25. The molecule has 0 atom stereocenters. The van der Waals surface area contributed by atoms with Crippen LogP contribution in [0.25, 0.3) is 0 Å². The summed E-state index contributed by atoms with van der Waals surface area (Å²) in [5.41, 5.74) is -1.85. The van der Waals surface area contributed by atoms with E-state index in [1.807, 2.05) is 0 Å². The number of carboxylic acid groups (broad SMARTS) is 3. The SMILES string of the molecule is O=C(O)CC(CCCO)(CC(=O)O)C(=O)O. The Hall–Kier alpha value is -1.63. The highest BCUT2D eigenvalue weighted by molar-refractivity contribution is 5.85. The lowest BCUT2D eigenvalue weighted by atomic mass is 9.77. The van der Waals surface area contributed by atoms with Crippen LogP contribution < -0.4 is 0 Å². The van der Waals surface area contributed by atoms with Crippen molar-refractivity contribution in [1.29, 1.82) is 0 Å². The minimum Gasteiger partial charge on any atom is -0.481 e. The summed E-state index contributed by atoms with van der Waals surface area (Å²) in [4.78, 5) is 32.1. The van der Waals surface area contributed by atoms with Crippen LogP contribution >= 0.6 is 0 Å². The average molecular weight is 234 g/mol. The third-order valence-corrected chi connectivity index (χ3v) is 2.25. The summed E-state index contributed by atoms with van der Waals surface area (Å²) in [7, 11) is 0. The maximum Gasteiger partial charge on any atom is 0.310 e. The van der Waals surface area contributed by atoms with Gasteiger partial charge in [-0.15, -0.1) is 0 Å². The van der Waals surface area contributed by atoms with Gasteiger partial charge in [-0.05, 0) is 12.8 Å². The van der Waals surface area contributed by atoms with Gasteiger partial charge in [-0.3, -0.25) is 14.4 Å². The largest absolute Gasteiger partial charge is 0.481 e. The first kappa shape index (κ1) is 14.4. The molecule has 16 heavy (non-hydrogen) atoms. The number of carbonyl (C=O) groups is 3. The van der Waals surface area contributed by atoms with Gasteiger partial charge >= 0.3 is 17.9 Å². The van der Waals surface area contributed by atoms with Gasteiger partial charge in [0.05, 0.1) is 18.3 Å². The van der Waals surface area contributed by atoms with Crippen molar-refractivity contribution in [1.82, 2.24) is 0 Å². The van der Waals surface area contributed by atoms with E-state index in [4.69, 9.17) is 20.4 Å². The van der Waals surface area contributed by atoms with Gasteiger partial charge in [-0.1, -0.05) is 0 Å². The predicted molar refractivity (Wildman–Crippen MR) is 50.9 cm³/mol. The van der Waals surface area contributed by atoms with Crippen LogP contribution in [0.2, 0.25) is 0 Å². The normalized spacial score (nSPS) is 11.1. The molecule has 0 aromatic carbocycles. The standard InChI is InChI=1S/C9H14O7/c10-3-1-2-9(8(15)16,4-6(11)12)5-7(13)14/h10H,1-5H2,(H,11,12)(H,13,14)(H,15,16). The molecule has 0 heterocycles. The highest BCUT2D eigenvalue weighted by atomic mass is 16.4. The van der Waals surface area contributed by atoms with Crippen molar-refractivity contribution in [2.45, 2.75) is 25.7 Å². The van der Waals surface area contributed by atoms with Crippen LogP contribution in [0, 0.1) is 5.41 Å². The zero-order valence-electron chi connectivity index (χ0n) is 8.55. The van der Waals surface area contributed by atoms with E-state index in [1.54, 1.807) is 0 Å². The third-order valence-electron chi connectivity index (χ3n) is 2.25. The van der Waals surface area contributed by atoms with Gasteiger partial charge in [0.1, 0.15) is 0 Å². The minimum atomic E-state index is -1.85. The van der Waals surface area contributed by atoms with E-state index in [9.17, 15) is 14.4 Å². The maximum atomic E-state index is 11.0. The topological polar surface area (TPSA) is 132 Å². The molecular weight excluding hydrogens is 220 g/mol. The second-order valence-corrected chi connectivity index (χ2v) is 3.55. The molecule has 0 amide bonds. The lowest BCUT2D eigenvalue weighted by Crippen LogP contribution is -2.36. The fraction of sp³-hybridized carbons (Fsp3) is 0.667. The van der Waals surface area contributed by atoms with Crippen LogP contribution in [0.1, 0.15) is 25.7 Å². The molecule has 0 spiro atoms. The predicted octanol–water partition coefficient (Wildman–Crippen LogP) is -0.221. The summed E-state index contributed by atoms with van der Waals surface area (Å²) in [5.74, 6) is -4.21.